The maximum atomic E-state index is 11.0. The van der Waals surface area contributed by atoms with Crippen molar-refractivity contribution in [2.75, 3.05) is 0 Å². The van der Waals surface area contributed by atoms with E-state index in [1.807, 2.05) is 44.2 Å². The highest BCUT2D eigenvalue weighted by Gasteiger charge is 1.97. The van der Waals surface area contributed by atoms with Crippen LogP contribution >= 0.6 is 0 Å². The fourth-order valence-corrected chi connectivity index (χ4v) is 1.19. The van der Waals surface area contributed by atoms with E-state index in [0.29, 0.717) is 6.54 Å². The minimum Gasteiger partial charge on any atom is -0.416 e. The molecular weight excluding hydrogens is 190 g/mol. The van der Waals surface area contributed by atoms with Gasteiger partial charge in [0.15, 0.2) is 0 Å². The first-order chi connectivity index (χ1) is 7.36. The monoisotopic (exact) mass is 205 g/mol. The predicted octanol–water partition coefficient (Wildman–Crippen LogP) is 2.52. The van der Waals surface area contributed by atoms with Crippen LogP contribution < -0.4 is 5.76 Å². The minimum absolute atomic E-state index is 0.316. The molecule has 1 aromatic carbocycles. The van der Waals surface area contributed by atoms with E-state index in [1.165, 1.54) is 10.8 Å². The Hall–Kier alpha value is -1.77. The molecule has 0 unspecified atom stereocenters. The molecule has 0 fully saturated rings. The third kappa shape index (κ3) is 3.13. The predicted molar refractivity (Wildman–Crippen MR) is 59.9 cm³/mol. The van der Waals surface area contributed by atoms with Crippen molar-refractivity contribution < 1.29 is 4.42 Å². The van der Waals surface area contributed by atoms with Crippen LogP contribution in [0.2, 0.25) is 0 Å². The first-order valence-electron chi connectivity index (χ1n) is 5.04. The van der Waals surface area contributed by atoms with Crippen LogP contribution in [0.15, 0.2) is 52.0 Å². The maximum absolute atomic E-state index is 11.0. The minimum atomic E-state index is -0.316. The molecule has 0 spiro atoms. The van der Waals surface area contributed by atoms with Crippen LogP contribution in [0.25, 0.3) is 0 Å². The van der Waals surface area contributed by atoms with Gasteiger partial charge < -0.3 is 4.42 Å². The molecule has 0 aliphatic carbocycles. The Labute approximate surface area is 89.0 Å². The lowest BCUT2D eigenvalue weighted by Gasteiger charge is -1.98. The van der Waals surface area contributed by atoms with Gasteiger partial charge in [0, 0.05) is 6.20 Å². The van der Waals surface area contributed by atoms with Gasteiger partial charge in [0.25, 0.3) is 0 Å². The van der Waals surface area contributed by atoms with Gasteiger partial charge in [-0.25, -0.2) is 4.79 Å². The first-order valence-corrected chi connectivity index (χ1v) is 5.04. The van der Waals surface area contributed by atoms with E-state index in [1.54, 1.807) is 6.20 Å². The standard InChI is InChI=1S/C10H9NO2.C2H6/c12-10-11(6-7-13-10)8-9-4-2-1-3-5-9;1-2/h1-7H,8H2;1-2H3. The van der Waals surface area contributed by atoms with Crippen molar-refractivity contribution in [1.29, 1.82) is 0 Å². The zero-order chi connectivity index (χ0) is 11.1. The fraction of sp³-hybridized carbons (Fsp3) is 0.250. The number of benzene rings is 1. The topological polar surface area (TPSA) is 35.1 Å². The van der Waals surface area contributed by atoms with Crippen LogP contribution in [-0.4, -0.2) is 4.57 Å². The fourth-order valence-electron chi connectivity index (χ4n) is 1.19. The third-order valence-corrected chi connectivity index (χ3v) is 1.84. The zero-order valence-corrected chi connectivity index (χ0v) is 9.01. The Balaban J connectivity index is 0.000000531. The van der Waals surface area contributed by atoms with Gasteiger partial charge in [0.05, 0.1) is 6.54 Å². The summed E-state index contributed by atoms with van der Waals surface area (Å²) in [6.45, 7) is 4.57. The van der Waals surface area contributed by atoms with Crippen LogP contribution in [0.3, 0.4) is 0 Å². The number of nitrogens with zero attached hydrogens (tertiary/aromatic N) is 1. The Morgan fingerprint density at radius 1 is 1.20 bits per heavy atom. The Morgan fingerprint density at radius 3 is 2.40 bits per heavy atom. The summed E-state index contributed by atoms with van der Waals surface area (Å²) in [7, 11) is 0. The summed E-state index contributed by atoms with van der Waals surface area (Å²) in [6, 6.07) is 9.78. The van der Waals surface area contributed by atoms with Gasteiger partial charge in [0.2, 0.25) is 0 Å². The first kappa shape index (κ1) is 11.3. The second kappa shape index (κ2) is 5.86. The van der Waals surface area contributed by atoms with Crippen molar-refractivity contribution in [3.8, 4) is 0 Å². The van der Waals surface area contributed by atoms with Crippen molar-refractivity contribution >= 4 is 0 Å². The maximum Gasteiger partial charge on any atom is 0.419 e. The molecule has 0 saturated carbocycles. The van der Waals surface area contributed by atoms with Gasteiger partial charge in [-0.1, -0.05) is 44.2 Å². The summed E-state index contributed by atoms with van der Waals surface area (Å²) < 4.78 is 6.17. The molecule has 0 aliphatic rings. The van der Waals surface area contributed by atoms with Gasteiger partial charge in [-0.3, -0.25) is 4.57 Å². The van der Waals surface area contributed by atoms with Crippen molar-refractivity contribution in [2.45, 2.75) is 20.4 Å². The van der Waals surface area contributed by atoms with Crippen LogP contribution in [-0.2, 0) is 6.54 Å². The van der Waals surface area contributed by atoms with Gasteiger partial charge >= 0.3 is 5.76 Å². The summed E-state index contributed by atoms with van der Waals surface area (Å²) in [4.78, 5) is 11.0. The molecule has 15 heavy (non-hydrogen) atoms. The van der Waals surface area contributed by atoms with Crippen molar-refractivity contribution in [3.05, 3.63) is 58.9 Å². The Kier molecular flexibility index (Phi) is 4.41. The molecule has 0 saturated heterocycles. The second-order valence-electron chi connectivity index (χ2n) is 2.78. The lowest BCUT2D eigenvalue weighted by atomic mass is 10.2. The van der Waals surface area contributed by atoms with Crippen LogP contribution in [0, 0.1) is 0 Å². The van der Waals surface area contributed by atoms with Gasteiger partial charge in [-0.15, -0.1) is 0 Å². The van der Waals surface area contributed by atoms with Crippen molar-refractivity contribution in [3.63, 3.8) is 0 Å². The molecule has 1 heterocycles. The second-order valence-corrected chi connectivity index (χ2v) is 2.78. The summed E-state index contributed by atoms with van der Waals surface area (Å²) >= 11 is 0. The number of oxazole rings is 1. The Morgan fingerprint density at radius 2 is 1.87 bits per heavy atom. The van der Waals surface area contributed by atoms with E-state index < -0.39 is 0 Å². The molecule has 0 N–H and O–H groups in total. The van der Waals surface area contributed by atoms with Gasteiger partial charge in [-0.2, -0.15) is 0 Å². The largest absolute Gasteiger partial charge is 0.419 e. The molecule has 3 heteroatoms. The van der Waals surface area contributed by atoms with E-state index in [-0.39, 0.29) is 5.76 Å². The molecule has 0 amide bonds. The molecule has 0 atom stereocenters. The molecule has 80 valence electrons. The van der Waals surface area contributed by atoms with E-state index in [2.05, 4.69) is 4.42 Å². The summed E-state index contributed by atoms with van der Waals surface area (Å²) in [5.41, 5.74) is 1.09. The Bertz CT molecular complexity index is 428. The summed E-state index contributed by atoms with van der Waals surface area (Å²) in [5.74, 6) is -0.316. The third-order valence-electron chi connectivity index (χ3n) is 1.84. The van der Waals surface area contributed by atoms with Crippen LogP contribution in [0.1, 0.15) is 19.4 Å². The highest BCUT2D eigenvalue weighted by Crippen LogP contribution is 1.99. The van der Waals surface area contributed by atoms with Gasteiger partial charge in [0.1, 0.15) is 6.26 Å². The van der Waals surface area contributed by atoms with Gasteiger partial charge in [-0.05, 0) is 5.56 Å². The molecule has 1 aromatic heterocycles. The molecule has 3 nitrogen and oxygen atoms in total. The highest BCUT2D eigenvalue weighted by molar-refractivity contribution is 5.14. The van der Waals surface area contributed by atoms with Crippen LogP contribution in [0.4, 0.5) is 0 Å². The van der Waals surface area contributed by atoms with E-state index in [0.717, 1.165) is 5.56 Å². The number of hydrogen-bond donors (Lipinski definition) is 0. The lowest BCUT2D eigenvalue weighted by molar-refractivity contribution is 0.487. The molecule has 0 radical (unpaired) electrons. The molecule has 0 bridgehead atoms. The highest BCUT2D eigenvalue weighted by atomic mass is 16.4. The molecule has 2 aromatic rings. The van der Waals surface area contributed by atoms with Crippen molar-refractivity contribution in [1.82, 2.24) is 4.57 Å². The molecular formula is C12H15NO2. The average Bonchev–Trinajstić information content (AvgIpc) is 2.69. The van der Waals surface area contributed by atoms with Crippen molar-refractivity contribution in [2.24, 2.45) is 0 Å². The zero-order valence-electron chi connectivity index (χ0n) is 9.01. The average molecular weight is 205 g/mol. The normalized spacial score (nSPS) is 9.20. The quantitative estimate of drug-likeness (QED) is 0.755. The summed E-state index contributed by atoms with van der Waals surface area (Å²) in [6.07, 6.45) is 3.03. The smallest absolute Gasteiger partial charge is 0.416 e. The van der Waals surface area contributed by atoms with E-state index in [9.17, 15) is 4.79 Å². The number of hydrogen-bond acceptors (Lipinski definition) is 2. The SMILES string of the molecule is CC.O=c1occn1Cc1ccccc1. The van der Waals surface area contributed by atoms with Crippen LogP contribution in [0.5, 0.6) is 0 Å². The summed E-state index contributed by atoms with van der Waals surface area (Å²) in [5, 5.41) is 0. The molecule has 2 rings (SSSR count). The van der Waals surface area contributed by atoms with E-state index >= 15 is 0 Å². The number of aromatic nitrogens is 1. The van der Waals surface area contributed by atoms with E-state index in [4.69, 9.17) is 0 Å². The lowest BCUT2D eigenvalue weighted by Crippen LogP contribution is -2.13. The molecule has 0 aliphatic heterocycles. The number of rotatable bonds is 2.